The Hall–Kier alpha value is -2.02. The maximum atomic E-state index is 11.7. The summed E-state index contributed by atoms with van der Waals surface area (Å²) in [6.45, 7) is 0.717. The van der Waals surface area contributed by atoms with Gasteiger partial charge in [0.25, 0.3) is 0 Å². The predicted octanol–water partition coefficient (Wildman–Crippen LogP) is 0.669. The summed E-state index contributed by atoms with van der Waals surface area (Å²) >= 11 is 1.25. The van der Waals surface area contributed by atoms with Crippen LogP contribution >= 0.6 is 11.8 Å². The Morgan fingerprint density at radius 1 is 1.00 bits per heavy atom. The fraction of sp³-hybridized carbons (Fsp3) is 0.400. The van der Waals surface area contributed by atoms with Crippen molar-refractivity contribution in [2.24, 2.45) is 0 Å². The van der Waals surface area contributed by atoms with Gasteiger partial charge in [-0.15, -0.1) is 11.8 Å². The quantitative estimate of drug-likeness (QED) is 0.550. The van der Waals surface area contributed by atoms with Gasteiger partial charge in [-0.1, -0.05) is 30.3 Å². The Morgan fingerprint density at radius 3 is 2.36 bits per heavy atom. The number of carboxylic acids is 1. The molecule has 0 saturated carbocycles. The number of aliphatic carboxylic acids is 1. The summed E-state index contributed by atoms with van der Waals surface area (Å²) in [4.78, 5) is 33.4. The third-order valence-corrected chi connectivity index (χ3v) is 3.62. The first kappa shape index (κ1) is 18.0. The molecule has 0 aliphatic rings. The Kier molecular flexibility index (Phi) is 8.74. The molecule has 0 bridgehead atoms. The van der Waals surface area contributed by atoms with E-state index in [0.717, 1.165) is 5.56 Å². The standard InChI is InChI=1S/C15H20N2O4S/c18-13(17-8-9-22-11-15(20)21)6-7-16-14(19)10-12-4-2-1-3-5-12/h1-5H,6-11H2,(H,16,19)(H,17,18)(H,20,21). The van der Waals surface area contributed by atoms with Crippen LogP contribution in [0.3, 0.4) is 0 Å². The van der Waals surface area contributed by atoms with Gasteiger partial charge in [-0.3, -0.25) is 14.4 Å². The van der Waals surface area contributed by atoms with Crippen molar-refractivity contribution in [1.82, 2.24) is 10.6 Å². The summed E-state index contributed by atoms with van der Waals surface area (Å²) in [5.41, 5.74) is 0.930. The van der Waals surface area contributed by atoms with E-state index >= 15 is 0 Å². The summed E-state index contributed by atoms with van der Waals surface area (Å²) in [6, 6.07) is 9.39. The molecule has 0 unspecified atom stereocenters. The van der Waals surface area contributed by atoms with Crippen LogP contribution in [0.5, 0.6) is 0 Å². The number of carbonyl (C=O) groups excluding carboxylic acids is 2. The molecule has 0 radical (unpaired) electrons. The molecule has 7 heteroatoms. The molecule has 1 rings (SSSR count). The third kappa shape index (κ3) is 9.02. The number of carbonyl (C=O) groups is 3. The van der Waals surface area contributed by atoms with Gasteiger partial charge in [0.1, 0.15) is 0 Å². The normalized spacial score (nSPS) is 10.0. The number of nitrogens with one attached hydrogen (secondary N) is 2. The lowest BCUT2D eigenvalue weighted by atomic mass is 10.1. The molecule has 0 atom stereocenters. The minimum absolute atomic E-state index is 0.0331. The van der Waals surface area contributed by atoms with Gasteiger partial charge in [-0.2, -0.15) is 0 Å². The molecular formula is C15H20N2O4S. The molecule has 1 aromatic carbocycles. The third-order valence-electron chi connectivity index (χ3n) is 2.68. The van der Waals surface area contributed by atoms with E-state index in [-0.39, 0.29) is 24.0 Å². The molecule has 0 aromatic heterocycles. The first-order valence-electron chi connectivity index (χ1n) is 6.95. The van der Waals surface area contributed by atoms with Gasteiger partial charge in [0.2, 0.25) is 11.8 Å². The van der Waals surface area contributed by atoms with Crippen molar-refractivity contribution in [3.63, 3.8) is 0 Å². The number of hydrogen-bond donors (Lipinski definition) is 3. The second-order valence-electron chi connectivity index (χ2n) is 4.56. The van der Waals surface area contributed by atoms with Gasteiger partial charge in [0.15, 0.2) is 0 Å². The zero-order valence-electron chi connectivity index (χ0n) is 12.2. The van der Waals surface area contributed by atoms with Crippen LogP contribution in [0, 0.1) is 0 Å². The van der Waals surface area contributed by atoms with E-state index in [1.54, 1.807) is 0 Å². The van der Waals surface area contributed by atoms with Gasteiger partial charge in [0, 0.05) is 25.3 Å². The molecule has 120 valence electrons. The summed E-state index contributed by atoms with van der Waals surface area (Å²) in [5, 5.41) is 13.8. The zero-order chi connectivity index (χ0) is 16.2. The smallest absolute Gasteiger partial charge is 0.313 e. The minimum Gasteiger partial charge on any atom is -0.481 e. The van der Waals surface area contributed by atoms with Crippen LogP contribution in [0.1, 0.15) is 12.0 Å². The van der Waals surface area contributed by atoms with E-state index in [1.165, 1.54) is 11.8 Å². The lowest BCUT2D eigenvalue weighted by Crippen LogP contribution is -2.32. The van der Waals surface area contributed by atoms with Crippen LogP contribution < -0.4 is 10.6 Å². The van der Waals surface area contributed by atoms with Crippen molar-refractivity contribution in [2.45, 2.75) is 12.8 Å². The Labute approximate surface area is 133 Å². The average molecular weight is 324 g/mol. The van der Waals surface area contributed by atoms with E-state index in [1.807, 2.05) is 30.3 Å². The van der Waals surface area contributed by atoms with Crippen molar-refractivity contribution in [3.8, 4) is 0 Å². The highest BCUT2D eigenvalue weighted by molar-refractivity contribution is 7.99. The predicted molar refractivity (Wildman–Crippen MR) is 85.7 cm³/mol. The minimum atomic E-state index is -0.863. The fourth-order valence-corrected chi connectivity index (χ4v) is 2.24. The molecule has 0 aliphatic heterocycles. The lowest BCUT2D eigenvalue weighted by Gasteiger charge is -2.06. The van der Waals surface area contributed by atoms with E-state index in [4.69, 9.17) is 5.11 Å². The largest absolute Gasteiger partial charge is 0.481 e. The number of hydrogen-bond acceptors (Lipinski definition) is 4. The molecule has 1 aromatic rings. The maximum absolute atomic E-state index is 11.7. The summed E-state index contributed by atoms with van der Waals surface area (Å²) in [7, 11) is 0. The topological polar surface area (TPSA) is 95.5 Å². The summed E-state index contributed by atoms with van der Waals surface area (Å²) in [5.74, 6) is -0.548. The van der Waals surface area contributed by atoms with Crippen molar-refractivity contribution in [3.05, 3.63) is 35.9 Å². The molecule has 0 heterocycles. The number of amides is 2. The van der Waals surface area contributed by atoms with Gasteiger partial charge in [-0.05, 0) is 5.56 Å². The Bertz CT molecular complexity index is 494. The highest BCUT2D eigenvalue weighted by Crippen LogP contribution is 1.99. The van der Waals surface area contributed by atoms with Crippen molar-refractivity contribution in [1.29, 1.82) is 0 Å². The van der Waals surface area contributed by atoms with E-state index in [0.29, 0.717) is 25.3 Å². The van der Waals surface area contributed by atoms with Crippen molar-refractivity contribution in [2.75, 3.05) is 24.6 Å². The number of benzene rings is 1. The molecule has 22 heavy (non-hydrogen) atoms. The molecule has 0 aliphatic carbocycles. The van der Waals surface area contributed by atoms with Crippen LogP contribution in [-0.4, -0.2) is 47.5 Å². The molecule has 2 amide bonds. The number of rotatable bonds is 10. The van der Waals surface area contributed by atoms with E-state index < -0.39 is 5.97 Å². The first-order chi connectivity index (χ1) is 10.6. The number of carboxylic acid groups (broad SMARTS) is 1. The maximum Gasteiger partial charge on any atom is 0.313 e. The molecule has 0 spiro atoms. The molecule has 0 fully saturated rings. The highest BCUT2D eigenvalue weighted by atomic mass is 32.2. The van der Waals surface area contributed by atoms with E-state index in [9.17, 15) is 14.4 Å². The Morgan fingerprint density at radius 2 is 1.68 bits per heavy atom. The second kappa shape index (κ2) is 10.7. The molecule has 3 N–H and O–H groups in total. The summed E-state index contributed by atoms with van der Waals surface area (Å²) < 4.78 is 0. The second-order valence-corrected chi connectivity index (χ2v) is 5.66. The molecular weight excluding hydrogens is 304 g/mol. The lowest BCUT2D eigenvalue weighted by molar-refractivity contribution is -0.134. The average Bonchev–Trinajstić information content (AvgIpc) is 2.47. The zero-order valence-corrected chi connectivity index (χ0v) is 13.0. The SMILES string of the molecule is O=C(O)CSCCNC(=O)CCNC(=O)Cc1ccccc1. The fourth-order valence-electron chi connectivity index (χ4n) is 1.67. The summed E-state index contributed by atoms with van der Waals surface area (Å²) in [6.07, 6.45) is 0.512. The first-order valence-corrected chi connectivity index (χ1v) is 8.10. The highest BCUT2D eigenvalue weighted by Gasteiger charge is 2.05. The van der Waals surface area contributed by atoms with Crippen molar-refractivity contribution < 1.29 is 19.5 Å². The Balaban J connectivity index is 2.04. The van der Waals surface area contributed by atoms with Crippen LogP contribution in [-0.2, 0) is 20.8 Å². The van der Waals surface area contributed by atoms with Gasteiger partial charge in [-0.25, -0.2) is 0 Å². The molecule has 0 saturated heterocycles. The number of thioether (sulfide) groups is 1. The van der Waals surface area contributed by atoms with Crippen LogP contribution in [0.4, 0.5) is 0 Å². The van der Waals surface area contributed by atoms with Gasteiger partial charge >= 0.3 is 5.97 Å². The van der Waals surface area contributed by atoms with Crippen molar-refractivity contribution >= 4 is 29.5 Å². The van der Waals surface area contributed by atoms with E-state index in [2.05, 4.69) is 10.6 Å². The van der Waals surface area contributed by atoms with Crippen LogP contribution in [0.2, 0.25) is 0 Å². The van der Waals surface area contributed by atoms with Gasteiger partial charge < -0.3 is 15.7 Å². The monoisotopic (exact) mass is 324 g/mol. The molecule has 6 nitrogen and oxygen atoms in total. The van der Waals surface area contributed by atoms with Gasteiger partial charge in [0.05, 0.1) is 12.2 Å². The van der Waals surface area contributed by atoms with Crippen LogP contribution in [0.15, 0.2) is 30.3 Å². The van der Waals surface area contributed by atoms with Crippen LogP contribution in [0.25, 0.3) is 0 Å².